The summed E-state index contributed by atoms with van der Waals surface area (Å²) in [5.41, 5.74) is -0.833. The van der Waals surface area contributed by atoms with Crippen molar-refractivity contribution in [2.75, 3.05) is 0 Å². The van der Waals surface area contributed by atoms with Crippen LogP contribution in [0.5, 0.6) is 0 Å². The Morgan fingerprint density at radius 3 is 2.58 bits per heavy atom. The fourth-order valence-corrected chi connectivity index (χ4v) is 1.57. The van der Waals surface area contributed by atoms with Crippen LogP contribution in [0.1, 0.15) is 19.4 Å². The van der Waals surface area contributed by atoms with Crippen molar-refractivity contribution in [1.82, 2.24) is 14.9 Å². The molecule has 0 aliphatic heterocycles. The van der Waals surface area contributed by atoms with E-state index in [0.29, 0.717) is 12.0 Å². The lowest BCUT2D eigenvalue weighted by molar-refractivity contribution is -0.142. The summed E-state index contributed by atoms with van der Waals surface area (Å²) in [4.78, 5) is 46.9. The van der Waals surface area contributed by atoms with E-state index in [-0.39, 0.29) is 6.54 Å². The third-order valence-corrected chi connectivity index (χ3v) is 2.52. The molecule has 1 rings (SSSR count). The number of aromatic amines is 1. The summed E-state index contributed by atoms with van der Waals surface area (Å²) < 4.78 is 1.06. The topological polar surface area (TPSA) is 121 Å². The molecule has 1 aromatic heterocycles. The maximum atomic E-state index is 11.6. The molecule has 19 heavy (non-hydrogen) atoms. The maximum absolute atomic E-state index is 11.6. The number of nitrogens with zero attached hydrogens (tertiary/aromatic N) is 1. The summed E-state index contributed by atoms with van der Waals surface area (Å²) in [5.74, 6) is -1.77. The Bertz CT molecular complexity index is 601. The Labute approximate surface area is 108 Å². The third kappa shape index (κ3) is 3.80. The van der Waals surface area contributed by atoms with Crippen molar-refractivity contribution in [2.45, 2.75) is 32.9 Å². The van der Waals surface area contributed by atoms with E-state index in [1.165, 1.54) is 13.1 Å². The number of carbonyl (C=O) groups excluding carboxylic acids is 1. The number of carboxylic acid groups (broad SMARTS) is 1. The largest absolute Gasteiger partial charge is 0.480 e. The van der Waals surface area contributed by atoms with Gasteiger partial charge >= 0.3 is 11.7 Å². The molecular weight excluding hydrogens is 254 g/mol. The Balaban J connectivity index is 3.09. The first-order valence-electron chi connectivity index (χ1n) is 5.67. The molecule has 0 aliphatic carbocycles. The number of aliphatic carboxylic acids is 1. The molecule has 0 fully saturated rings. The number of amides is 1. The summed E-state index contributed by atoms with van der Waals surface area (Å²) in [5, 5.41) is 11.2. The highest BCUT2D eigenvalue weighted by molar-refractivity contribution is 5.81. The van der Waals surface area contributed by atoms with Crippen LogP contribution in [0.2, 0.25) is 0 Å². The number of rotatable bonds is 5. The summed E-state index contributed by atoms with van der Waals surface area (Å²) in [6.45, 7) is 2.67. The molecule has 0 aromatic carbocycles. The van der Waals surface area contributed by atoms with E-state index in [1.807, 2.05) is 0 Å². The minimum absolute atomic E-state index is 0.252. The second kappa shape index (κ2) is 5.98. The highest BCUT2D eigenvalue weighted by Gasteiger charge is 2.19. The van der Waals surface area contributed by atoms with Crippen LogP contribution in [0.15, 0.2) is 15.8 Å². The number of aryl methyl sites for hydroxylation is 1. The van der Waals surface area contributed by atoms with Gasteiger partial charge in [0.25, 0.3) is 5.56 Å². The number of aromatic nitrogens is 2. The van der Waals surface area contributed by atoms with Crippen LogP contribution < -0.4 is 16.6 Å². The maximum Gasteiger partial charge on any atom is 0.328 e. The summed E-state index contributed by atoms with van der Waals surface area (Å²) in [7, 11) is 0. The SMILES string of the molecule is CCc1cn(CC(NC(C)=O)C(=O)O)c(=O)[nH]c1=O. The predicted molar refractivity (Wildman–Crippen MR) is 65.9 cm³/mol. The molecule has 0 spiro atoms. The normalized spacial score (nSPS) is 11.9. The fourth-order valence-electron chi connectivity index (χ4n) is 1.57. The lowest BCUT2D eigenvalue weighted by Gasteiger charge is -2.14. The Kier molecular flexibility index (Phi) is 4.62. The van der Waals surface area contributed by atoms with Gasteiger partial charge in [0, 0.05) is 18.7 Å². The van der Waals surface area contributed by atoms with Crippen LogP contribution in [0.3, 0.4) is 0 Å². The summed E-state index contributed by atoms with van der Waals surface area (Å²) in [6, 6.07) is -1.23. The molecule has 1 amide bonds. The van der Waals surface area contributed by atoms with Gasteiger partial charge < -0.3 is 10.4 Å². The molecule has 8 nitrogen and oxygen atoms in total. The molecule has 104 valence electrons. The zero-order valence-corrected chi connectivity index (χ0v) is 10.6. The molecule has 0 radical (unpaired) electrons. The number of hydrogen-bond acceptors (Lipinski definition) is 4. The number of carboxylic acids is 1. The van der Waals surface area contributed by atoms with Crippen LogP contribution in [-0.2, 0) is 22.6 Å². The fraction of sp³-hybridized carbons (Fsp3) is 0.455. The Hall–Kier alpha value is -2.38. The molecule has 0 saturated carbocycles. The van der Waals surface area contributed by atoms with E-state index in [0.717, 1.165) is 4.57 Å². The third-order valence-electron chi connectivity index (χ3n) is 2.52. The number of carbonyl (C=O) groups is 2. The van der Waals surface area contributed by atoms with Crippen LogP contribution in [0.25, 0.3) is 0 Å². The van der Waals surface area contributed by atoms with Gasteiger partial charge in [-0.05, 0) is 6.42 Å². The smallest absolute Gasteiger partial charge is 0.328 e. The van der Waals surface area contributed by atoms with E-state index in [9.17, 15) is 19.2 Å². The number of hydrogen-bond donors (Lipinski definition) is 3. The van der Waals surface area contributed by atoms with Crippen molar-refractivity contribution in [3.05, 3.63) is 32.6 Å². The van der Waals surface area contributed by atoms with Crippen molar-refractivity contribution in [1.29, 1.82) is 0 Å². The van der Waals surface area contributed by atoms with Crippen LogP contribution >= 0.6 is 0 Å². The molecule has 1 unspecified atom stereocenters. The van der Waals surface area contributed by atoms with Crippen molar-refractivity contribution < 1.29 is 14.7 Å². The van der Waals surface area contributed by atoms with Gasteiger partial charge in [0.1, 0.15) is 6.04 Å². The first-order chi connectivity index (χ1) is 8.85. The van der Waals surface area contributed by atoms with Gasteiger partial charge in [-0.25, -0.2) is 9.59 Å². The molecule has 3 N–H and O–H groups in total. The second-order valence-corrected chi connectivity index (χ2v) is 4.01. The van der Waals surface area contributed by atoms with E-state index in [4.69, 9.17) is 5.11 Å². The first kappa shape index (κ1) is 14.7. The van der Waals surface area contributed by atoms with E-state index in [1.54, 1.807) is 6.92 Å². The van der Waals surface area contributed by atoms with Crippen LogP contribution in [0, 0.1) is 0 Å². The molecular formula is C11H15N3O5. The standard InChI is InChI=1S/C11H15N3O5/c1-3-7-4-14(11(19)13-9(7)16)5-8(10(17)18)12-6(2)15/h4,8H,3,5H2,1-2H3,(H,12,15)(H,17,18)(H,13,16,19). The van der Waals surface area contributed by atoms with Gasteiger partial charge in [0.05, 0.1) is 6.54 Å². The zero-order valence-electron chi connectivity index (χ0n) is 10.6. The van der Waals surface area contributed by atoms with Crippen LogP contribution in [0.4, 0.5) is 0 Å². The number of H-pyrrole nitrogens is 1. The van der Waals surface area contributed by atoms with Gasteiger partial charge in [-0.1, -0.05) is 6.92 Å². The average Bonchev–Trinajstić information content (AvgIpc) is 2.30. The zero-order chi connectivity index (χ0) is 14.6. The van der Waals surface area contributed by atoms with Crippen molar-refractivity contribution in [3.63, 3.8) is 0 Å². The monoisotopic (exact) mass is 269 g/mol. The van der Waals surface area contributed by atoms with Crippen LogP contribution in [-0.4, -0.2) is 32.6 Å². The van der Waals surface area contributed by atoms with Gasteiger partial charge in [0.15, 0.2) is 0 Å². The average molecular weight is 269 g/mol. The van der Waals surface area contributed by atoms with E-state index < -0.39 is 29.2 Å². The van der Waals surface area contributed by atoms with Crippen molar-refractivity contribution in [3.8, 4) is 0 Å². The van der Waals surface area contributed by atoms with Gasteiger partial charge in [-0.15, -0.1) is 0 Å². The van der Waals surface area contributed by atoms with Crippen molar-refractivity contribution >= 4 is 11.9 Å². The highest BCUT2D eigenvalue weighted by Crippen LogP contribution is 1.93. The molecule has 0 saturated heterocycles. The predicted octanol–water partition coefficient (Wildman–Crippen LogP) is -1.31. The minimum atomic E-state index is -1.26. The molecule has 0 bridgehead atoms. The first-order valence-corrected chi connectivity index (χ1v) is 5.67. The summed E-state index contributed by atoms with van der Waals surface area (Å²) >= 11 is 0. The second-order valence-electron chi connectivity index (χ2n) is 4.01. The quantitative estimate of drug-likeness (QED) is 0.612. The molecule has 1 atom stereocenters. The lowest BCUT2D eigenvalue weighted by Crippen LogP contribution is -2.45. The van der Waals surface area contributed by atoms with E-state index in [2.05, 4.69) is 10.3 Å². The minimum Gasteiger partial charge on any atom is -0.480 e. The molecule has 1 heterocycles. The Morgan fingerprint density at radius 1 is 1.47 bits per heavy atom. The lowest BCUT2D eigenvalue weighted by atomic mass is 10.2. The highest BCUT2D eigenvalue weighted by atomic mass is 16.4. The number of nitrogens with one attached hydrogen (secondary N) is 2. The Morgan fingerprint density at radius 2 is 2.11 bits per heavy atom. The summed E-state index contributed by atoms with van der Waals surface area (Å²) in [6.07, 6.45) is 1.71. The van der Waals surface area contributed by atoms with Gasteiger partial charge in [-0.3, -0.25) is 19.1 Å². The van der Waals surface area contributed by atoms with E-state index >= 15 is 0 Å². The molecule has 1 aromatic rings. The van der Waals surface area contributed by atoms with Crippen molar-refractivity contribution in [2.24, 2.45) is 0 Å². The molecule has 0 aliphatic rings. The van der Waals surface area contributed by atoms with Gasteiger partial charge in [-0.2, -0.15) is 0 Å². The molecule has 8 heteroatoms. The van der Waals surface area contributed by atoms with Gasteiger partial charge in [0.2, 0.25) is 5.91 Å².